The Morgan fingerprint density at radius 3 is 2.89 bits per heavy atom. The van der Waals surface area contributed by atoms with Crippen LogP contribution in [-0.4, -0.2) is 22.6 Å². The zero-order chi connectivity index (χ0) is 13.7. The highest BCUT2D eigenvalue weighted by Gasteiger charge is 2.02. The third-order valence-corrected chi connectivity index (χ3v) is 3.04. The third kappa shape index (κ3) is 3.64. The number of nitrogens with zero attached hydrogens (tertiary/aromatic N) is 2. The van der Waals surface area contributed by atoms with E-state index in [0.717, 1.165) is 25.0 Å². The Hall–Kier alpha value is -1.68. The van der Waals surface area contributed by atoms with E-state index in [-0.39, 0.29) is 5.56 Å². The Morgan fingerprint density at radius 1 is 1.32 bits per heavy atom. The summed E-state index contributed by atoms with van der Waals surface area (Å²) in [5.41, 5.74) is 0.816. The van der Waals surface area contributed by atoms with E-state index in [4.69, 9.17) is 0 Å². The minimum absolute atomic E-state index is 0.0504. The smallest absolute Gasteiger partial charge is 0.261 e. The Labute approximate surface area is 113 Å². The standard InChI is InChI=1S/C15H21N3O/c1-12(2)10-16-8-5-9-18-11-17-14-7-4-3-6-13(14)15(18)19/h3-4,6-7,11-12,16H,5,8-10H2,1-2H3. The highest BCUT2D eigenvalue weighted by molar-refractivity contribution is 5.76. The number of benzene rings is 1. The van der Waals surface area contributed by atoms with Gasteiger partial charge < -0.3 is 5.32 Å². The summed E-state index contributed by atoms with van der Waals surface area (Å²) in [4.78, 5) is 16.5. The molecule has 19 heavy (non-hydrogen) atoms. The van der Waals surface area contributed by atoms with E-state index in [1.165, 1.54) is 0 Å². The Bertz CT molecular complexity index is 589. The Morgan fingerprint density at radius 2 is 2.11 bits per heavy atom. The molecule has 0 saturated heterocycles. The minimum atomic E-state index is 0.0504. The summed E-state index contributed by atoms with van der Waals surface area (Å²) in [7, 11) is 0. The molecule has 1 heterocycles. The molecule has 4 heteroatoms. The van der Waals surface area contributed by atoms with Crippen LogP contribution in [0.3, 0.4) is 0 Å². The predicted octanol–water partition coefficient (Wildman–Crippen LogP) is 2.03. The molecular weight excluding hydrogens is 238 g/mol. The van der Waals surface area contributed by atoms with Crippen LogP contribution in [0.5, 0.6) is 0 Å². The van der Waals surface area contributed by atoms with Crippen LogP contribution in [0.15, 0.2) is 35.4 Å². The quantitative estimate of drug-likeness (QED) is 0.807. The molecular formula is C15H21N3O. The van der Waals surface area contributed by atoms with Crippen molar-refractivity contribution in [2.24, 2.45) is 5.92 Å². The Kier molecular flexibility index (Phi) is 4.68. The van der Waals surface area contributed by atoms with Crippen LogP contribution in [0.2, 0.25) is 0 Å². The molecule has 0 aliphatic heterocycles. The van der Waals surface area contributed by atoms with Crippen LogP contribution in [-0.2, 0) is 6.54 Å². The Balaban J connectivity index is 1.98. The zero-order valence-electron chi connectivity index (χ0n) is 11.6. The molecule has 0 saturated carbocycles. The van der Waals surface area contributed by atoms with Crippen molar-refractivity contribution in [3.05, 3.63) is 40.9 Å². The molecule has 2 rings (SSSR count). The van der Waals surface area contributed by atoms with Gasteiger partial charge in [0.25, 0.3) is 5.56 Å². The SMILES string of the molecule is CC(C)CNCCCn1cnc2ccccc2c1=O. The van der Waals surface area contributed by atoms with Crippen LogP contribution in [0, 0.1) is 5.92 Å². The van der Waals surface area contributed by atoms with Gasteiger partial charge in [0.2, 0.25) is 0 Å². The van der Waals surface area contributed by atoms with Crippen LogP contribution in [0.4, 0.5) is 0 Å². The molecule has 102 valence electrons. The van der Waals surface area contributed by atoms with E-state index in [0.29, 0.717) is 17.8 Å². The molecule has 0 radical (unpaired) electrons. The minimum Gasteiger partial charge on any atom is -0.316 e. The first-order valence-electron chi connectivity index (χ1n) is 6.83. The molecule has 0 spiro atoms. The summed E-state index contributed by atoms with van der Waals surface area (Å²) < 4.78 is 1.69. The molecule has 0 aliphatic rings. The number of nitrogens with one attached hydrogen (secondary N) is 1. The molecule has 0 fully saturated rings. The third-order valence-electron chi connectivity index (χ3n) is 3.04. The molecule has 0 atom stereocenters. The van der Waals surface area contributed by atoms with E-state index < -0.39 is 0 Å². The van der Waals surface area contributed by atoms with Crippen molar-refractivity contribution in [2.45, 2.75) is 26.8 Å². The summed E-state index contributed by atoms with van der Waals surface area (Å²) in [6, 6.07) is 7.47. The lowest BCUT2D eigenvalue weighted by atomic mass is 10.2. The van der Waals surface area contributed by atoms with E-state index in [2.05, 4.69) is 24.1 Å². The molecule has 0 unspecified atom stereocenters. The molecule has 0 bridgehead atoms. The maximum atomic E-state index is 12.2. The average molecular weight is 259 g/mol. The first-order chi connectivity index (χ1) is 9.18. The number of aryl methyl sites for hydroxylation is 1. The largest absolute Gasteiger partial charge is 0.316 e. The second-order valence-electron chi connectivity index (χ2n) is 5.21. The van der Waals surface area contributed by atoms with Crippen molar-refractivity contribution < 1.29 is 0 Å². The lowest BCUT2D eigenvalue weighted by Gasteiger charge is -2.09. The lowest BCUT2D eigenvalue weighted by molar-refractivity contribution is 0.517. The summed E-state index contributed by atoms with van der Waals surface area (Å²) in [6.07, 6.45) is 2.58. The van der Waals surface area contributed by atoms with Crippen LogP contribution >= 0.6 is 0 Å². The zero-order valence-corrected chi connectivity index (χ0v) is 11.6. The molecule has 4 nitrogen and oxygen atoms in total. The number of aromatic nitrogens is 2. The van der Waals surface area contributed by atoms with Gasteiger partial charge in [0.15, 0.2) is 0 Å². The topological polar surface area (TPSA) is 46.9 Å². The maximum absolute atomic E-state index is 12.2. The van der Waals surface area contributed by atoms with E-state index >= 15 is 0 Å². The fraction of sp³-hybridized carbons (Fsp3) is 0.467. The van der Waals surface area contributed by atoms with Crippen LogP contribution in [0.25, 0.3) is 10.9 Å². The monoisotopic (exact) mass is 259 g/mol. The van der Waals surface area contributed by atoms with Gasteiger partial charge in [0.05, 0.1) is 17.2 Å². The van der Waals surface area contributed by atoms with Crippen LogP contribution in [0.1, 0.15) is 20.3 Å². The van der Waals surface area contributed by atoms with Gasteiger partial charge >= 0.3 is 0 Å². The fourth-order valence-electron chi connectivity index (χ4n) is 2.03. The number of rotatable bonds is 6. The van der Waals surface area contributed by atoms with E-state index in [9.17, 15) is 4.79 Å². The summed E-state index contributed by atoms with van der Waals surface area (Å²) in [5.74, 6) is 0.657. The first-order valence-corrected chi connectivity index (χ1v) is 6.83. The molecule has 1 N–H and O–H groups in total. The molecule has 2 aromatic rings. The molecule has 0 aliphatic carbocycles. The van der Waals surface area contributed by atoms with Gasteiger partial charge in [-0.2, -0.15) is 0 Å². The molecule has 1 aromatic heterocycles. The maximum Gasteiger partial charge on any atom is 0.261 e. The average Bonchev–Trinajstić information content (AvgIpc) is 2.41. The van der Waals surface area contributed by atoms with Crippen molar-refractivity contribution in [2.75, 3.05) is 13.1 Å². The normalized spacial score (nSPS) is 11.3. The van der Waals surface area contributed by atoms with E-state index in [1.54, 1.807) is 10.9 Å². The fourth-order valence-corrected chi connectivity index (χ4v) is 2.03. The molecule has 0 amide bonds. The van der Waals surface area contributed by atoms with Gasteiger partial charge in [-0.05, 0) is 37.6 Å². The van der Waals surface area contributed by atoms with Gasteiger partial charge in [-0.25, -0.2) is 4.98 Å². The highest BCUT2D eigenvalue weighted by atomic mass is 16.1. The molecule has 1 aromatic carbocycles. The second-order valence-corrected chi connectivity index (χ2v) is 5.21. The van der Waals surface area contributed by atoms with Crippen molar-refractivity contribution in [1.29, 1.82) is 0 Å². The van der Waals surface area contributed by atoms with Gasteiger partial charge in [0.1, 0.15) is 0 Å². The van der Waals surface area contributed by atoms with Gasteiger partial charge in [-0.15, -0.1) is 0 Å². The summed E-state index contributed by atoms with van der Waals surface area (Å²) in [6.45, 7) is 7.03. The van der Waals surface area contributed by atoms with Crippen molar-refractivity contribution in [3.63, 3.8) is 0 Å². The summed E-state index contributed by atoms with van der Waals surface area (Å²) in [5, 5.41) is 4.07. The van der Waals surface area contributed by atoms with Crippen LogP contribution < -0.4 is 10.9 Å². The van der Waals surface area contributed by atoms with Crippen molar-refractivity contribution >= 4 is 10.9 Å². The lowest BCUT2D eigenvalue weighted by Crippen LogP contribution is -2.25. The first kappa shape index (κ1) is 13.7. The summed E-state index contributed by atoms with van der Waals surface area (Å²) >= 11 is 0. The van der Waals surface area contributed by atoms with Crippen molar-refractivity contribution in [3.8, 4) is 0 Å². The highest BCUT2D eigenvalue weighted by Crippen LogP contribution is 2.04. The van der Waals surface area contributed by atoms with Gasteiger partial charge in [0, 0.05) is 6.54 Å². The predicted molar refractivity (Wildman–Crippen MR) is 78.3 cm³/mol. The second kappa shape index (κ2) is 6.48. The van der Waals surface area contributed by atoms with Gasteiger partial charge in [-0.1, -0.05) is 26.0 Å². The van der Waals surface area contributed by atoms with E-state index in [1.807, 2.05) is 24.3 Å². The van der Waals surface area contributed by atoms with Crippen molar-refractivity contribution in [1.82, 2.24) is 14.9 Å². The number of hydrogen-bond acceptors (Lipinski definition) is 3. The van der Waals surface area contributed by atoms with Gasteiger partial charge in [-0.3, -0.25) is 9.36 Å². The number of para-hydroxylation sites is 1. The number of hydrogen-bond donors (Lipinski definition) is 1. The number of fused-ring (bicyclic) bond motifs is 1.